The monoisotopic (exact) mass is 819 g/mol. The second-order valence-electron chi connectivity index (χ2n) is 10.2. The molecule has 11 nitrogen and oxygen atoms in total. The second kappa shape index (κ2) is 24.4. The number of nitrogens with one attached hydrogen (secondary N) is 3. The van der Waals surface area contributed by atoms with Gasteiger partial charge in [0, 0.05) is 77.4 Å². The van der Waals surface area contributed by atoms with Gasteiger partial charge in [-0.15, -0.1) is 0 Å². The van der Waals surface area contributed by atoms with Gasteiger partial charge in [0.15, 0.2) is 0 Å². The lowest BCUT2D eigenvalue weighted by molar-refractivity contribution is -0.107. The Bertz CT molecular complexity index is 2340. The molecule has 0 aliphatic carbocycles. The van der Waals surface area contributed by atoms with Gasteiger partial charge in [-0.2, -0.15) is 0 Å². The third kappa shape index (κ3) is 14.9. The quantitative estimate of drug-likeness (QED) is 0.0449. The van der Waals surface area contributed by atoms with E-state index >= 15 is 0 Å². The van der Waals surface area contributed by atoms with Crippen molar-refractivity contribution in [1.29, 1.82) is 0 Å². The molecule has 0 atom stereocenters. The molecule has 54 heavy (non-hydrogen) atoms. The van der Waals surface area contributed by atoms with Crippen LogP contribution in [0.15, 0.2) is 85.7 Å². The van der Waals surface area contributed by atoms with Gasteiger partial charge < -0.3 is 20.7 Å². The summed E-state index contributed by atoms with van der Waals surface area (Å²) in [6.07, 6.45) is 12.9. The Kier molecular flexibility index (Phi) is 20.5. The van der Waals surface area contributed by atoms with Crippen molar-refractivity contribution in [2.24, 2.45) is 0 Å². The number of carbonyl (C=O) groups is 2. The minimum absolute atomic E-state index is 0. The molecule has 0 radical (unpaired) electrons. The first-order valence-electron chi connectivity index (χ1n) is 16.1. The lowest BCUT2D eigenvalue weighted by atomic mass is 10.1. The number of nitrogens with two attached hydrogens (primary N) is 1. The van der Waals surface area contributed by atoms with E-state index < -0.39 is 16.6 Å². The predicted molar refractivity (Wildman–Crippen MR) is 224 cm³/mol. The fourth-order valence-corrected chi connectivity index (χ4v) is 4.49. The van der Waals surface area contributed by atoms with Gasteiger partial charge in [0.1, 0.15) is 16.9 Å². The normalized spacial score (nSPS) is 9.39. The number of aromatic amines is 3. The highest BCUT2D eigenvalue weighted by molar-refractivity contribution is 7.54. The van der Waals surface area contributed by atoms with E-state index in [1.54, 1.807) is 30.9 Å². The zero-order chi connectivity index (χ0) is 38.6. The third-order valence-electron chi connectivity index (χ3n) is 6.65. The zero-order valence-electron chi connectivity index (χ0n) is 28.9. The first kappa shape index (κ1) is 45.3. The van der Waals surface area contributed by atoms with Gasteiger partial charge in [-0.05, 0) is 78.4 Å². The summed E-state index contributed by atoms with van der Waals surface area (Å²) in [6, 6.07) is 15.5. The van der Waals surface area contributed by atoms with Crippen molar-refractivity contribution >= 4 is 103 Å². The maximum Gasteiger partial charge on any atom is 0.643 e. The predicted octanol–water partition coefficient (Wildman–Crippen LogP) is 9.38. The molecule has 0 fully saturated rings. The van der Waals surface area contributed by atoms with Crippen molar-refractivity contribution in [1.82, 2.24) is 39.9 Å². The van der Waals surface area contributed by atoms with E-state index in [9.17, 15) is 9.59 Å². The molecule has 7 aromatic heterocycles. The Hall–Kier alpha value is -4.90. The summed E-state index contributed by atoms with van der Waals surface area (Å²) in [5, 5.41) is 2.45. The van der Waals surface area contributed by atoms with Gasteiger partial charge in [0.2, 0.25) is 11.7 Å². The van der Waals surface area contributed by atoms with Crippen LogP contribution >= 0.6 is 41.7 Å². The van der Waals surface area contributed by atoms with Crippen molar-refractivity contribution in [3.63, 3.8) is 0 Å². The van der Waals surface area contributed by atoms with Crippen LogP contribution in [-0.2, 0) is 11.2 Å². The molecule has 16 heteroatoms. The highest BCUT2D eigenvalue weighted by atomic mass is 35.8. The summed E-state index contributed by atoms with van der Waals surface area (Å²) < 4.78 is 0. The molecule has 0 aliphatic rings. The number of ketones is 1. The molecular weight excluding hydrogens is 783 g/mol. The van der Waals surface area contributed by atoms with Crippen LogP contribution in [0.2, 0.25) is 0 Å². The molecule has 7 heterocycles. The molecule has 278 valence electrons. The summed E-state index contributed by atoms with van der Waals surface area (Å²) in [5.74, 6) is 10.2. The summed E-state index contributed by atoms with van der Waals surface area (Å²) in [4.78, 5) is 51.5. The van der Waals surface area contributed by atoms with Gasteiger partial charge in [0.05, 0.1) is 11.3 Å². The van der Waals surface area contributed by atoms with Crippen LogP contribution < -0.4 is 5.73 Å². The molecule has 0 saturated heterocycles. The first-order chi connectivity index (χ1) is 25.6. The van der Waals surface area contributed by atoms with E-state index in [0.29, 0.717) is 24.4 Å². The highest BCUT2D eigenvalue weighted by Crippen LogP contribution is 2.26. The molecule has 0 amide bonds. The van der Waals surface area contributed by atoms with Crippen molar-refractivity contribution in [2.75, 3.05) is 5.73 Å². The van der Waals surface area contributed by atoms with Crippen LogP contribution in [0.5, 0.6) is 0 Å². The SMILES string of the molecule is C.CCC#CC(=O)Cl.CCC#CC(=O)c1c[nH]c2ncccc12.CCc1cc(-c2c[nH]c3ncccc23)nc(N)n1.[Cl][Al]([Cl])[Cl].c1cnc2[nH]ccc2c1. The molecule has 5 N–H and O–H groups in total. The molecule has 7 aromatic rings. The van der Waals surface area contributed by atoms with Gasteiger partial charge >= 0.3 is 11.4 Å². The number of rotatable bonds is 3. The third-order valence-corrected chi connectivity index (χ3v) is 6.74. The number of anilines is 1. The van der Waals surface area contributed by atoms with Crippen molar-refractivity contribution in [3.8, 4) is 34.9 Å². The molecule has 0 aromatic carbocycles. The molecule has 0 aliphatic heterocycles. The molecular formula is C38H38AlCl4N9O2. The lowest BCUT2D eigenvalue weighted by Crippen LogP contribution is -1.99. The smallest absolute Gasteiger partial charge is 0.368 e. The Morgan fingerprint density at radius 2 is 1.35 bits per heavy atom. The average Bonchev–Trinajstić information content (AvgIpc) is 3.92. The summed E-state index contributed by atoms with van der Waals surface area (Å²) in [6.45, 7) is 5.81. The number of fused-ring (bicyclic) bond motifs is 3. The first-order valence-corrected chi connectivity index (χ1v) is 21.7. The number of H-pyrrole nitrogens is 3. The second-order valence-corrected chi connectivity index (χ2v) is 17.0. The number of nitrogen functional groups attached to an aromatic ring is 1. The Balaban J connectivity index is 0.000000252. The van der Waals surface area contributed by atoms with E-state index in [-0.39, 0.29) is 13.2 Å². The Morgan fingerprint density at radius 1 is 0.778 bits per heavy atom. The Labute approximate surface area is 335 Å². The van der Waals surface area contributed by atoms with Gasteiger partial charge in [-0.3, -0.25) is 9.59 Å². The number of hydrogen-bond acceptors (Lipinski definition) is 8. The fraction of sp³-hybridized carbons (Fsp3) is 0.184. The van der Waals surface area contributed by atoms with Crippen molar-refractivity contribution in [3.05, 3.63) is 97.0 Å². The minimum atomic E-state index is -1.72. The van der Waals surface area contributed by atoms with E-state index in [1.807, 2.05) is 75.6 Å². The van der Waals surface area contributed by atoms with Crippen LogP contribution in [-0.4, -0.2) is 62.3 Å². The summed E-state index contributed by atoms with van der Waals surface area (Å²) in [5.41, 5.74) is 11.6. The number of hydrogen-bond donors (Lipinski definition) is 4. The number of halogens is 4. The van der Waals surface area contributed by atoms with Crippen LogP contribution in [0.25, 0.3) is 44.4 Å². The molecule has 0 unspecified atom stereocenters. The van der Waals surface area contributed by atoms with Crippen LogP contribution in [0.1, 0.15) is 57.1 Å². The topological polar surface area (TPSA) is 172 Å². The average molecular weight is 822 g/mol. The molecule has 7 rings (SSSR count). The van der Waals surface area contributed by atoms with Crippen LogP contribution in [0.4, 0.5) is 5.95 Å². The maximum atomic E-state index is 11.7. The number of Topliss-reactive ketones (excluding diaryl/α,β-unsaturated/α-hetero) is 1. The van der Waals surface area contributed by atoms with E-state index in [2.05, 4.69) is 63.6 Å². The lowest BCUT2D eigenvalue weighted by Gasteiger charge is -2.03. The molecule has 0 saturated carbocycles. The van der Waals surface area contributed by atoms with E-state index in [1.165, 1.54) is 0 Å². The van der Waals surface area contributed by atoms with Gasteiger partial charge in [-0.25, -0.2) is 55.1 Å². The summed E-state index contributed by atoms with van der Waals surface area (Å²) in [7, 11) is 14.8. The maximum absolute atomic E-state index is 11.7. The number of nitrogens with zero attached hydrogens (tertiary/aromatic N) is 5. The fourth-order valence-electron chi connectivity index (χ4n) is 4.43. The molecule has 0 bridgehead atoms. The zero-order valence-corrected chi connectivity index (χ0v) is 33.1. The van der Waals surface area contributed by atoms with Crippen molar-refractivity contribution < 1.29 is 9.59 Å². The van der Waals surface area contributed by atoms with E-state index in [0.717, 1.165) is 56.5 Å². The Morgan fingerprint density at radius 3 is 1.94 bits per heavy atom. The number of pyridine rings is 3. The van der Waals surface area contributed by atoms with Crippen LogP contribution in [0, 0.1) is 23.7 Å². The number of aromatic nitrogens is 8. The number of aryl methyl sites for hydroxylation is 1. The van der Waals surface area contributed by atoms with Gasteiger partial charge in [0.25, 0.3) is 5.24 Å². The van der Waals surface area contributed by atoms with Gasteiger partial charge in [-0.1, -0.05) is 40.0 Å². The summed E-state index contributed by atoms with van der Waals surface area (Å²) >= 11 is 3.12. The molecule has 0 spiro atoms. The highest BCUT2D eigenvalue weighted by Gasteiger charge is 2.11. The standard InChI is InChI=1S/C13H13N5.C12H10N2O.C7H6N2.C5H5ClO.CH4.Al.3ClH/c1-2-8-6-11(18-13(14)17-8)10-7-16-12-9(10)4-3-5-15-12;1-2-3-6-11(15)10-8-14-12-9(10)5-4-7-13-12;1-2-6-3-5-9-7(6)8-4-1;1-2-3-4-5(6)7;;;;;/h3-7H,2H2,1H3,(H,15,16)(H2,14,17,18);4-5,7-8H,2H2,1H3,(H,13,14);1-5H,(H,8,9);2H2,1H3;1H4;;3*1H/q;;;;;+3;;;/p-3. The van der Waals surface area contributed by atoms with E-state index in [4.69, 9.17) is 47.5 Å². The van der Waals surface area contributed by atoms with Crippen molar-refractivity contribution in [2.45, 2.75) is 47.5 Å². The van der Waals surface area contributed by atoms with Crippen LogP contribution in [0.3, 0.4) is 0 Å². The number of carbonyl (C=O) groups excluding carboxylic acids is 2. The largest absolute Gasteiger partial charge is 0.643 e. The minimum Gasteiger partial charge on any atom is -0.368 e.